The molecule has 2 aliphatic rings. The summed E-state index contributed by atoms with van der Waals surface area (Å²) in [5.74, 6) is 0. The number of fused-ring (bicyclic) bond motifs is 3. The van der Waals surface area contributed by atoms with Crippen molar-refractivity contribution in [3.8, 4) is 33.4 Å². The van der Waals surface area contributed by atoms with E-state index in [2.05, 4.69) is 223 Å². The van der Waals surface area contributed by atoms with Crippen LogP contribution in [0.2, 0.25) is 0 Å². The molecule has 3 N–H and O–H groups in total. The highest BCUT2D eigenvalue weighted by Gasteiger charge is 2.47. The van der Waals surface area contributed by atoms with Gasteiger partial charge in [-0.15, -0.1) is 0 Å². The molecule has 310 valence electrons. The van der Waals surface area contributed by atoms with E-state index in [4.69, 9.17) is 0 Å². The predicted octanol–water partition coefficient (Wildman–Crippen LogP) is 14.8. The Morgan fingerprint density at radius 3 is 1.98 bits per heavy atom. The van der Waals surface area contributed by atoms with Crippen molar-refractivity contribution in [2.24, 2.45) is 0 Å². The molecule has 0 saturated carbocycles. The van der Waals surface area contributed by atoms with E-state index in [0.29, 0.717) is 0 Å². The smallest absolute Gasteiger partial charge is 0.0733 e. The second-order valence-electron chi connectivity index (χ2n) is 15.4. The van der Waals surface area contributed by atoms with Crippen LogP contribution in [0, 0.1) is 0 Å². The first kappa shape index (κ1) is 42.1. The second-order valence-corrected chi connectivity index (χ2v) is 15.4. The van der Waals surface area contributed by atoms with E-state index in [9.17, 15) is 0 Å². The highest BCUT2D eigenvalue weighted by Crippen LogP contribution is 2.58. The normalized spacial score (nSPS) is 15.5. The summed E-state index contributed by atoms with van der Waals surface area (Å²) in [5, 5.41) is 10.9. The molecule has 63 heavy (non-hydrogen) atoms. The van der Waals surface area contributed by atoms with Gasteiger partial charge in [-0.1, -0.05) is 202 Å². The van der Waals surface area contributed by atoms with Crippen LogP contribution in [0.5, 0.6) is 0 Å². The van der Waals surface area contributed by atoms with Crippen molar-refractivity contribution in [2.75, 3.05) is 12.4 Å². The number of allylic oxidation sites excluding steroid dienone is 7. The average molecular weight is 818 g/mol. The first-order valence-electron chi connectivity index (χ1n) is 22.1. The summed E-state index contributed by atoms with van der Waals surface area (Å²) in [6.45, 7) is 7.81. The topological polar surface area (TPSA) is 36.1 Å². The average Bonchev–Trinajstić information content (AvgIpc) is 3.98. The fourth-order valence-corrected chi connectivity index (χ4v) is 9.05. The lowest BCUT2D eigenvalue weighted by Gasteiger charge is -2.35. The van der Waals surface area contributed by atoms with Crippen LogP contribution in [0.1, 0.15) is 59.7 Å². The predicted molar refractivity (Wildman–Crippen MR) is 269 cm³/mol. The third kappa shape index (κ3) is 8.64. The Balaban J connectivity index is 0.00000268. The van der Waals surface area contributed by atoms with Crippen LogP contribution < -0.4 is 16.0 Å². The number of hydrogen-bond donors (Lipinski definition) is 3. The molecule has 0 heterocycles. The Labute approximate surface area is 374 Å². The zero-order valence-corrected chi connectivity index (χ0v) is 36.4. The van der Waals surface area contributed by atoms with Gasteiger partial charge in [0.05, 0.1) is 11.5 Å². The maximum atomic E-state index is 3.81. The SMILES string of the molecule is C=C/C=C\C=C/Nc1ccccc1C1(c2ccccc2)c2ccccc2-c2ccc(-c3cccc(-c4cccc(/C(=C/C(NC5=CC=CC5)c5ccccc5)NC)c4)c3)cc21.CC. The van der Waals surface area contributed by atoms with E-state index in [1.807, 2.05) is 45.3 Å². The molecule has 0 bridgehead atoms. The molecular formula is C60H55N3. The molecule has 0 radical (unpaired) electrons. The van der Waals surface area contributed by atoms with E-state index in [1.54, 1.807) is 6.08 Å². The molecule has 0 amide bonds. The molecule has 3 heteroatoms. The van der Waals surface area contributed by atoms with Crippen molar-refractivity contribution in [3.63, 3.8) is 0 Å². The van der Waals surface area contributed by atoms with Gasteiger partial charge in [0.25, 0.3) is 0 Å². The highest BCUT2D eigenvalue weighted by atomic mass is 14.9. The van der Waals surface area contributed by atoms with Crippen molar-refractivity contribution in [3.05, 3.63) is 276 Å². The summed E-state index contributed by atoms with van der Waals surface area (Å²) >= 11 is 0. The molecule has 0 spiro atoms. The minimum absolute atomic E-state index is 0.00874. The van der Waals surface area contributed by atoms with Crippen molar-refractivity contribution in [1.82, 2.24) is 10.6 Å². The number of hydrogen-bond acceptors (Lipinski definition) is 3. The summed E-state index contributed by atoms with van der Waals surface area (Å²) in [4.78, 5) is 0. The minimum Gasteiger partial charge on any atom is -0.388 e. The number of anilines is 1. The monoisotopic (exact) mass is 817 g/mol. The van der Waals surface area contributed by atoms with Crippen molar-refractivity contribution in [2.45, 2.75) is 31.7 Å². The van der Waals surface area contributed by atoms with Crippen LogP contribution in [0.4, 0.5) is 5.69 Å². The Bertz CT molecular complexity index is 2840. The van der Waals surface area contributed by atoms with Gasteiger partial charge in [0.2, 0.25) is 0 Å². The van der Waals surface area contributed by atoms with E-state index in [0.717, 1.165) is 28.9 Å². The van der Waals surface area contributed by atoms with Gasteiger partial charge in [0, 0.05) is 36.7 Å². The molecule has 2 unspecified atom stereocenters. The first-order chi connectivity index (χ1) is 31.2. The lowest BCUT2D eigenvalue weighted by molar-refractivity contribution is 0.702. The lowest BCUT2D eigenvalue weighted by atomic mass is 9.67. The first-order valence-corrected chi connectivity index (χ1v) is 22.1. The van der Waals surface area contributed by atoms with Crippen molar-refractivity contribution >= 4 is 11.4 Å². The van der Waals surface area contributed by atoms with Gasteiger partial charge < -0.3 is 16.0 Å². The summed E-state index contributed by atoms with van der Waals surface area (Å²) < 4.78 is 0. The minimum atomic E-state index is -0.573. The van der Waals surface area contributed by atoms with Gasteiger partial charge in [0.1, 0.15) is 0 Å². The molecule has 9 rings (SSSR count). The zero-order chi connectivity index (χ0) is 43.4. The van der Waals surface area contributed by atoms with Crippen LogP contribution >= 0.6 is 0 Å². The Morgan fingerprint density at radius 2 is 1.25 bits per heavy atom. The maximum absolute atomic E-state index is 3.81. The molecule has 2 atom stereocenters. The standard InChI is InChI=1S/C58H49N3.C2H6/c1-3-4-5-18-37-60-55-34-17-16-33-53(55)58(48-27-10-7-11-28-48)52-32-15-14-31-50(52)51-36-35-46(40-54(51)58)44-24-19-23-43(38-44)45-25-20-26-47(39-45)56(59-2)41-57(42-21-8-6-9-22-42)61-49-29-12-13-30-49;1-2/h3-29,31-41,57,59-61H,1,30H2,2H3;1-2H3/b5-4-,37-18-,56-41-;. The van der Waals surface area contributed by atoms with Gasteiger partial charge in [-0.3, -0.25) is 0 Å². The van der Waals surface area contributed by atoms with Gasteiger partial charge in [0.15, 0.2) is 0 Å². The zero-order valence-electron chi connectivity index (χ0n) is 36.4. The van der Waals surface area contributed by atoms with Crippen molar-refractivity contribution < 1.29 is 0 Å². The lowest BCUT2D eigenvalue weighted by Crippen LogP contribution is -2.29. The molecule has 7 aromatic carbocycles. The Kier molecular flexibility index (Phi) is 13.3. The molecule has 0 saturated heterocycles. The molecule has 0 aliphatic heterocycles. The third-order valence-electron chi connectivity index (χ3n) is 11.9. The Hall–Kier alpha value is -7.62. The van der Waals surface area contributed by atoms with E-state index < -0.39 is 5.41 Å². The van der Waals surface area contributed by atoms with Gasteiger partial charge >= 0.3 is 0 Å². The van der Waals surface area contributed by atoms with Crippen LogP contribution in [0.25, 0.3) is 39.1 Å². The van der Waals surface area contributed by atoms with E-state index >= 15 is 0 Å². The summed E-state index contributed by atoms with van der Waals surface area (Å²) in [5.41, 5.74) is 17.3. The van der Waals surface area contributed by atoms with Crippen LogP contribution in [0.15, 0.2) is 243 Å². The van der Waals surface area contributed by atoms with Gasteiger partial charge in [-0.25, -0.2) is 0 Å². The molecular weight excluding hydrogens is 763 g/mol. The van der Waals surface area contributed by atoms with E-state index in [1.165, 1.54) is 61.3 Å². The number of para-hydroxylation sites is 1. The van der Waals surface area contributed by atoms with Gasteiger partial charge in [-0.05, 0) is 109 Å². The number of nitrogens with one attached hydrogen (secondary N) is 3. The highest BCUT2D eigenvalue weighted by molar-refractivity contribution is 5.90. The van der Waals surface area contributed by atoms with Crippen molar-refractivity contribution in [1.29, 1.82) is 0 Å². The molecule has 2 aliphatic carbocycles. The summed E-state index contributed by atoms with van der Waals surface area (Å²) in [6.07, 6.45) is 19.4. The summed E-state index contributed by atoms with van der Waals surface area (Å²) in [6, 6.07) is 64.2. The molecule has 0 fully saturated rings. The molecule has 7 aromatic rings. The maximum Gasteiger partial charge on any atom is 0.0733 e. The largest absolute Gasteiger partial charge is 0.388 e. The fourth-order valence-electron chi connectivity index (χ4n) is 9.05. The van der Waals surface area contributed by atoms with Crippen LogP contribution in [-0.2, 0) is 5.41 Å². The Morgan fingerprint density at radius 1 is 0.603 bits per heavy atom. The molecule has 0 aromatic heterocycles. The quantitative estimate of drug-likeness (QED) is 0.0957. The summed E-state index contributed by atoms with van der Waals surface area (Å²) in [7, 11) is 2.01. The van der Waals surface area contributed by atoms with Crippen LogP contribution in [-0.4, -0.2) is 7.05 Å². The number of benzene rings is 7. The molecule has 3 nitrogen and oxygen atoms in total. The fraction of sp³-hybridized carbons (Fsp3) is 0.100. The van der Waals surface area contributed by atoms with E-state index in [-0.39, 0.29) is 6.04 Å². The second kappa shape index (κ2) is 19.8. The number of rotatable bonds is 14. The van der Waals surface area contributed by atoms with Crippen LogP contribution in [0.3, 0.4) is 0 Å². The van der Waals surface area contributed by atoms with Gasteiger partial charge in [-0.2, -0.15) is 0 Å². The third-order valence-corrected chi connectivity index (χ3v) is 11.9.